The zero-order valence-electron chi connectivity index (χ0n) is 14.1. The third-order valence-electron chi connectivity index (χ3n) is 4.88. The van der Waals surface area contributed by atoms with Crippen molar-refractivity contribution in [3.63, 3.8) is 0 Å². The van der Waals surface area contributed by atoms with E-state index < -0.39 is 0 Å². The SMILES string of the molecule is CC(C)c1cnc(CN(C)[C@@H]2CCN(C[C@H]3CCCO3)C2)o1. The van der Waals surface area contributed by atoms with E-state index in [1.807, 2.05) is 6.20 Å². The molecule has 3 heterocycles. The van der Waals surface area contributed by atoms with E-state index in [9.17, 15) is 0 Å². The monoisotopic (exact) mass is 307 g/mol. The molecule has 0 radical (unpaired) electrons. The van der Waals surface area contributed by atoms with Crippen LogP contribution in [0.15, 0.2) is 10.6 Å². The van der Waals surface area contributed by atoms with Crippen LogP contribution in [0, 0.1) is 0 Å². The number of likely N-dealkylation sites (tertiary alicyclic amines) is 1. The molecule has 2 saturated heterocycles. The van der Waals surface area contributed by atoms with E-state index in [0.29, 0.717) is 18.1 Å². The maximum absolute atomic E-state index is 5.82. The fraction of sp³-hybridized carbons (Fsp3) is 0.824. The van der Waals surface area contributed by atoms with Crippen molar-refractivity contribution in [1.29, 1.82) is 0 Å². The van der Waals surface area contributed by atoms with Gasteiger partial charge in [-0.05, 0) is 32.9 Å². The Kier molecular flexibility index (Phi) is 5.16. The van der Waals surface area contributed by atoms with Gasteiger partial charge in [-0.1, -0.05) is 13.8 Å². The molecular formula is C17H29N3O2. The van der Waals surface area contributed by atoms with Gasteiger partial charge in [-0.15, -0.1) is 0 Å². The lowest BCUT2D eigenvalue weighted by Gasteiger charge is -2.24. The molecule has 1 aromatic heterocycles. The molecule has 0 unspecified atom stereocenters. The Bertz CT molecular complexity index is 468. The van der Waals surface area contributed by atoms with Crippen LogP contribution in [0.4, 0.5) is 0 Å². The second kappa shape index (κ2) is 7.11. The van der Waals surface area contributed by atoms with Crippen LogP contribution in [0.2, 0.25) is 0 Å². The summed E-state index contributed by atoms with van der Waals surface area (Å²) in [5, 5.41) is 0. The lowest BCUT2D eigenvalue weighted by atomic mass is 10.2. The predicted molar refractivity (Wildman–Crippen MR) is 85.9 cm³/mol. The average molecular weight is 307 g/mol. The first-order valence-corrected chi connectivity index (χ1v) is 8.60. The molecule has 0 aromatic carbocycles. The minimum absolute atomic E-state index is 0.403. The number of oxazole rings is 1. The molecule has 0 spiro atoms. The highest BCUT2D eigenvalue weighted by Crippen LogP contribution is 2.21. The molecule has 2 aliphatic heterocycles. The molecule has 2 aliphatic rings. The smallest absolute Gasteiger partial charge is 0.208 e. The van der Waals surface area contributed by atoms with Crippen LogP contribution < -0.4 is 0 Å². The van der Waals surface area contributed by atoms with Crippen molar-refractivity contribution in [3.8, 4) is 0 Å². The lowest BCUT2D eigenvalue weighted by Crippen LogP contribution is -2.36. The lowest BCUT2D eigenvalue weighted by molar-refractivity contribution is 0.0778. The first kappa shape index (κ1) is 16.0. The van der Waals surface area contributed by atoms with Crippen molar-refractivity contribution in [2.45, 2.75) is 57.7 Å². The first-order valence-electron chi connectivity index (χ1n) is 8.60. The molecule has 0 saturated carbocycles. The van der Waals surface area contributed by atoms with Crippen LogP contribution in [0.5, 0.6) is 0 Å². The van der Waals surface area contributed by atoms with Gasteiger partial charge in [0.15, 0.2) is 0 Å². The maximum Gasteiger partial charge on any atom is 0.208 e. The molecule has 1 aromatic rings. The number of rotatable bonds is 6. The van der Waals surface area contributed by atoms with E-state index in [-0.39, 0.29) is 0 Å². The minimum atomic E-state index is 0.403. The van der Waals surface area contributed by atoms with Crippen molar-refractivity contribution in [3.05, 3.63) is 17.8 Å². The Balaban J connectivity index is 1.47. The van der Waals surface area contributed by atoms with E-state index >= 15 is 0 Å². The van der Waals surface area contributed by atoms with Crippen molar-refractivity contribution < 1.29 is 9.15 Å². The van der Waals surface area contributed by atoms with Gasteiger partial charge in [0.2, 0.25) is 5.89 Å². The molecule has 2 fully saturated rings. The topological polar surface area (TPSA) is 41.7 Å². The van der Waals surface area contributed by atoms with Crippen molar-refractivity contribution in [2.75, 3.05) is 33.3 Å². The molecular weight excluding hydrogens is 278 g/mol. The summed E-state index contributed by atoms with van der Waals surface area (Å²) >= 11 is 0. The highest BCUT2D eigenvalue weighted by atomic mass is 16.5. The Hall–Kier alpha value is -0.910. The number of ether oxygens (including phenoxy) is 1. The Morgan fingerprint density at radius 3 is 2.95 bits per heavy atom. The van der Waals surface area contributed by atoms with Crippen LogP contribution in [0.1, 0.15) is 50.7 Å². The first-order chi connectivity index (χ1) is 10.6. The summed E-state index contributed by atoms with van der Waals surface area (Å²) in [6, 6.07) is 0.593. The summed E-state index contributed by atoms with van der Waals surface area (Å²) in [6.07, 6.45) is 6.01. The van der Waals surface area contributed by atoms with Gasteiger partial charge in [-0.2, -0.15) is 0 Å². The van der Waals surface area contributed by atoms with Crippen LogP contribution >= 0.6 is 0 Å². The molecule has 0 amide bonds. The summed E-state index contributed by atoms with van der Waals surface area (Å²) in [5.74, 6) is 2.22. The molecule has 5 heteroatoms. The Morgan fingerprint density at radius 1 is 1.41 bits per heavy atom. The van der Waals surface area contributed by atoms with E-state index in [4.69, 9.17) is 9.15 Å². The fourth-order valence-electron chi connectivity index (χ4n) is 3.42. The molecule has 2 atom stereocenters. The molecule has 0 N–H and O–H groups in total. The summed E-state index contributed by atoms with van der Waals surface area (Å²) < 4.78 is 11.6. The number of nitrogens with zero attached hydrogens (tertiary/aromatic N) is 3. The standard InChI is InChI=1S/C17H29N3O2/c1-13(2)16-9-18-17(22-16)12-19(3)14-6-7-20(10-14)11-15-5-4-8-21-15/h9,13-15H,4-8,10-12H2,1-3H3/t14-,15-/m1/s1. The summed E-state index contributed by atoms with van der Waals surface area (Å²) in [7, 11) is 2.18. The van der Waals surface area contributed by atoms with Crippen molar-refractivity contribution in [1.82, 2.24) is 14.8 Å². The second-order valence-electron chi connectivity index (χ2n) is 7.06. The molecule has 5 nitrogen and oxygen atoms in total. The van der Waals surface area contributed by atoms with E-state index in [2.05, 4.69) is 35.7 Å². The highest BCUT2D eigenvalue weighted by molar-refractivity contribution is 4.99. The predicted octanol–water partition coefficient (Wildman–Crippen LogP) is 2.48. The number of hydrogen-bond acceptors (Lipinski definition) is 5. The third kappa shape index (κ3) is 3.89. The van der Waals surface area contributed by atoms with Gasteiger partial charge in [0.05, 0.1) is 18.8 Å². The van der Waals surface area contributed by atoms with Gasteiger partial charge in [0.25, 0.3) is 0 Å². The normalized spacial score (nSPS) is 26.6. The summed E-state index contributed by atoms with van der Waals surface area (Å²) in [5.41, 5.74) is 0. The zero-order chi connectivity index (χ0) is 15.5. The van der Waals surface area contributed by atoms with Crippen LogP contribution in [-0.4, -0.2) is 60.2 Å². The largest absolute Gasteiger partial charge is 0.444 e. The van der Waals surface area contributed by atoms with Gasteiger partial charge in [0, 0.05) is 31.7 Å². The Morgan fingerprint density at radius 2 is 2.27 bits per heavy atom. The maximum atomic E-state index is 5.82. The minimum Gasteiger partial charge on any atom is -0.444 e. The van der Waals surface area contributed by atoms with Gasteiger partial charge >= 0.3 is 0 Å². The molecule has 124 valence electrons. The van der Waals surface area contributed by atoms with E-state index in [1.54, 1.807) is 0 Å². The number of aromatic nitrogens is 1. The van der Waals surface area contributed by atoms with Crippen LogP contribution in [-0.2, 0) is 11.3 Å². The Labute approximate surface area is 133 Å². The van der Waals surface area contributed by atoms with Crippen LogP contribution in [0.25, 0.3) is 0 Å². The highest BCUT2D eigenvalue weighted by Gasteiger charge is 2.29. The van der Waals surface area contributed by atoms with Crippen molar-refractivity contribution >= 4 is 0 Å². The summed E-state index contributed by atoms with van der Waals surface area (Å²) in [4.78, 5) is 9.34. The molecule has 22 heavy (non-hydrogen) atoms. The van der Waals surface area contributed by atoms with E-state index in [1.165, 1.54) is 25.8 Å². The van der Waals surface area contributed by atoms with Crippen LogP contribution in [0.3, 0.4) is 0 Å². The average Bonchev–Trinajstić information content (AvgIpc) is 3.19. The molecule has 0 aliphatic carbocycles. The summed E-state index contributed by atoms with van der Waals surface area (Å²) in [6.45, 7) is 9.42. The van der Waals surface area contributed by atoms with Gasteiger partial charge < -0.3 is 9.15 Å². The van der Waals surface area contributed by atoms with E-state index in [0.717, 1.165) is 37.9 Å². The zero-order valence-corrected chi connectivity index (χ0v) is 14.1. The fourth-order valence-corrected chi connectivity index (χ4v) is 3.42. The third-order valence-corrected chi connectivity index (χ3v) is 4.88. The second-order valence-corrected chi connectivity index (χ2v) is 7.06. The quantitative estimate of drug-likeness (QED) is 0.807. The number of hydrogen-bond donors (Lipinski definition) is 0. The number of likely N-dealkylation sites (N-methyl/N-ethyl adjacent to an activating group) is 1. The van der Waals surface area contributed by atoms with Gasteiger partial charge in [-0.3, -0.25) is 9.80 Å². The van der Waals surface area contributed by atoms with Gasteiger partial charge in [0.1, 0.15) is 5.76 Å². The van der Waals surface area contributed by atoms with Crippen molar-refractivity contribution in [2.24, 2.45) is 0 Å². The molecule has 3 rings (SSSR count). The molecule has 0 bridgehead atoms. The van der Waals surface area contributed by atoms with Gasteiger partial charge in [-0.25, -0.2) is 4.98 Å².